The van der Waals surface area contributed by atoms with Crippen molar-refractivity contribution in [3.8, 4) is 0 Å². The summed E-state index contributed by atoms with van der Waals surface area (Å²) in [6.45, 7) is 8.47. The Bertz CT molecular complexity index is 961. The zero-order chi connectivity index (χ0) is 26.6. The van der Waals surface area contributed by atoms with Crippen molar-refractivity contribution in [1.29, 1.82) is 0 Å². The highest BCUT2D eigenvalue weighted by molar-refractivity contribution is 6.01. The number of hydrogen-bond donors (Lipinski definition) is 2. The smallest absolute Gasteiger partial charge is 0.252 e. The van der Waals surface area contributed by atoms with Crippen LogP contribution in [0, 0.1) is 11.8 Å². The third-order valence-electron chi connectivity index (χ3n) is 7.04. The molecule has 36 heavy (non-hydrogen) atoms. The number of likely N-dealkylation sites (tertiary alicyclic amines) is 2. The Balaban J connectivity index is 1.74. The van der Waals surface area contributed by atoms with E-state index >= 15 is 0 Å². The summed E-state index contributed by atoms with van der Waals surface area (Å²) in [6.07, 6.45) is 1.79. The number of Topliss-reactive ketones (excluding diaryl/α,β-unsaturated/α-hetero) is 1. The van der Waals surface area contributed by atoms with Crippen LogP contribution in [0.1, 0.15) is 63.7 Å². The molecule has 198 valence electrons. The number of rotatable bonds is 10. The van der Waals surface area contributed by atoms with Crippen LogP contribution in [0.3, 0.4) is 0 Å². The van der Waals surface area contributed by atoms with E-state index in [1.807, 2.05) is 13.8 Å². The molecule has 0 radical (unpaired) electrons. The number of amides is 3. The van der Waals surface area contributed by atoms with Gasteiger partial charge in [0.25, 0.3) is 11.8 Å². The second-order valence-corrected chi connectivity index (χ2v) is 10.7. The Labute approximate surface area is 213 Å². The monoisotopic (exact) mass is 500 g/mol. The highest BCUT2D eigenvalue weighted by Crippen LogP contribution is 2.32. The van der Waals surface area contributed by atoms with Crippen molar-refractivity contribution in [2.45, 2.75) is 77.6 Å². The molecule has 2 heterocycles. The Morgan fingerprint density at radius 1 is 1.03 bits per heavy atom. The number of hydrogen-bond acceptors (Lipinski definition) is 6. The molecule has 0 spiro atoms. The minimum Gasteiger partial charge on any atom is -0.399 e. The van der Waals surface area contributed by atoms with Gasteiger partial charge in [-0.25, -0.2) is 0 Å². The third kappa shape index (κ3) is 6.24. The number of methoxy groups -OCH3 is 1. The van der Waals surface area contributed by atoms with Crippen LogP contribution >= 0.6 is 0 Å². The summed E-state index contributed by atoms with van der Waals surface area (Å²) in [4.78, 5) is 56.0. The minimum absolute atomic E-state index is 0.0217. The number of nitrogens with one attached hydrogen (secondary N) is 1. The molecule has 4 unspecified atom stereocenters. The lowest BCUT2D eigenvalue weighted by Gasteiger charge is -2.29. The maximum atomic E-state index is 13.6. The van der Waals surface area contributed by atoms with Gasteiger partial charge in [0.1, 0.15) is 18.2 Å². The SMILES string of the molecule is COC(CCC(C)C)C(=O)N1CC(=O)C2C1CCN2C(=O)C(CC(C)C)NC(=O)c1ccc(N)cc1. The molecule has 3 amide bonds. The first-order valence-corrected chi connectivity index (χ1v) is 12.9. The number of carbonyl (C=O) groups excluding carboxylic acids is 4. The predicted molar refractivity (Wildman–Crippen MR) is 137 cm³/mol. The Kier molecular flexibility index (Phi) is 9.11. The van der Waals surface area contributed by atoms with E-state index in [-0.39, 0.29) is 42.0 Å². The van der Waals surface area contributed by atoms with Crippen molar-refractivity contribution in [2.24, 2.45) is 11.8 Å². The molecule has 9 nitrogen and oxygen atoms in total. The summed E-state index contributed by atoms with van der Waals surface area (Å²) < 4.78 is 5.47. The quantitative estimate of drug-likeness (QED) is 0.475. The number of nitrogens with zero attached hydrogens (tertiary/aromatic N) is 2. The van der Waals surface area contributed by atoms with E-state index < -0.39 is 18.2 Å². The van der Waals surface area contributed by atoms with Crippen LogP contribution in [0.4, 0.5) is 5.69 Å². The van der Waals surface area contributed by atoms with Crippen LogP contribution in [-0.4, -0.2) is 77.7 Å². The van der Waals surface area contributed by atoms with Gasteiger partial charge in [-0.3, -0.25) is 19.2 Å². The lowest BCUT2D eigenvalue weighted by molar-refractivity contribution is -0.144. The second kappa shape index (κ2) is 11.9. The fourth-order valence-corrected chi connectivity index (χ4v) is 5.14. The molecular weight excluding hydrogens is 460 g/mol. The molecular formula is C27H40N4O5. The Morgan fingerprint density at radius 3 is 2.28 bits per heavy atom. The summed E-state index contributed by atoms with van der Waals surface area (Å²) in [5.41, 5.74) is 6.67. The molecule has 2 aliphatic heterocycles. The topological polar surface area (TPSA) is 122 Å². The molecule has 3 N–H and O–H groups in total. The standard InChI is InChI=1S/C27H40N4O5/c1-16(2)6-11-23(36-5)27(35)31-15-22(32)24-21(31)12-13-30(24)26(34)20(14-17(3)4)29-25(33)18-7-9-19(28)10-8-18/h7-10,16-17,20-21,23-24H,6,11-15,28H2,1-5H3,(H,29,33). The molecule has 1 aromatic rings. The van der Waals surface area contributed by atoms with Crippen molar-refractivity contribution in [3.63, 3.8) is 0 Å². The van der Waals surface area contributed by atoms with E-state index in [0.29, 0.717) is 43.0 Å². The lowest BCUT2D eigenvalue weighted by Crippen LogP contribution is -2.53. The minimum atomic E-state index is -0.774. The average molecular weight is 501 g/mol. The fourth-order valence-electron chi connectivity index (χ4n) is 5.14. The number of ether oxygens (including phenoxy) is 1. The first-order valence-electron chi connectivity index (χ1n) is 12.9. The van der Waals surface area contributed by atoms with Crippen LogP contribution in [0.15, 0.2) is 24.3 Å². The van der Waals surface area contributed by atoms with E-state index in [2.05, 4.69) is 19.2 Å². The average Bonchev–Trinajstić information content (AvgIpc) is 3.39. The van der Waals surface area contributed by atoms with E-state index in [1.54, 1.807) is 34.1 Å². The second-order valence-electron chi connectivity index (χ2n) is 10.7. The van der Waals surface area contributed by atoms with Crippen molar-refractivity contribution < 1.29 is 23.9 Å². The van der Waals surface area contributed by atoms with E-state index in [1.165, 1.54) is 7.11 Å². The van der Waals surface area contributed by atoms with Gasteiger partial charge in [-0.15, -0.1) is 0 Å². The first kappa shape index (κ1) is 27.6. The number of nitrogens with two attached hydrogens (primary N) is 1. The van der Waals surface area contributed by atoms with Crippen LogP contribution in [0.2, 0.25) is 0 Å². The zero-order valence-corrected chi connectivity index (χ0v) is 22.0. The van der Waals surface area contributed by atoms with Gasteiger partial charge in [-0.2, -0.15) is 0 Å². The maximum absolute atomic E-state index is 13.6. The van der Waals surface area contributed by atoms with Crippen molar-refractivity contribution in [1.82, 2.24) is 15.1 Å². The molecule has 2 aliphatic rings. The van der Waals surface area contributed by atoms with Crippen molar-refractivity contribution in [2.75, 3.05) is 25.9 Å². The third-order valence-corrected chi connectivity index (χ3v) is 7.04. The molecule has 3 rings (SSSR count). The molecule has 9 heteroatoms. The predicted octanol–water partition coefficient (Wildman–Crippen LogP) is 2.25. The summed E-state index contributed by atoms with van der Waals surface area (Å²) in [7, 11) is 1.52. The van der Waals surface area contributed by atoms with Crippen molar-refractivity contribution >= 4 is 29.2 Å². The largest absolute Gasteiger partial charge is 0.399 e. The molecule has 0 aliphatic carbocycles. The van der Waals surface area contributed by atoms with Gasteiger partial charge in [0.2, 0.25) is 5.91 Å². The number of nitrogen functional groups attached to an aromatic ring is 1. The summed E-state index contributed by atoms with van der Waals surface area (Å²) in [5.74, 6) is -0.415. The van der Waals surface area contributed by atoms with Gasteiger partial charge in [-0.05, 0) is 61.8 Å². The number of fused-ring (bicyclic) bond motifs is 1. The Hall–Kier alpha value is -2.94. The summed E-state index contributed by atoms with van der Waals surface area (Å²) in [6, 6.07) is 4.67. The maximum Gasteiger partial charge on any atom is 0.252 e. The van der Waals surface area contributed by atoms with Gasteiger partial charge >= 0.3 is 0 Å². The fraction of sp³-hybridized carbons (Fsp3) is 0.630. The van der Waals surface area contributed by atoms with Crippen LogP contribution < -0.4 is 11.1 Å². The number of ketones is 1. The van der Waals surface area contributed by atoms with Crippen LogP contribution in [0.5, 0.6) is 0 Å². The van der Waals surface area contributed by atoms with E-state index in [0.717, 1.165) is 6.42 Å². The number of benzene rings is 1. The number of carbonyl (C=O) groups is 4. The molecule has 1 aromatic carbocycles. The lowest BCUT2D eigenvalue weighted by atomic mass is 10.0. The molecule has 0 saturated carbocycles. The van der Waals surface area contributed by atoms with Gasteiger partial charge in [0.05, 0.1) is 12.6 Å². The normalized spacial score (nSPS) is 21.1. The summed E-state index contributed by atoms with van der Waals surface area (Å²) >= 11 is 0. The van der Waals surface area contributed by atoms with Gasteiger partial charge in [-0.1, -0.05) is 27.7 Å². The van der Waals surface area contributed by atoms with Gasteiger partial charge < -0.3 is 25.6 Å². The highest BCUT2D eigenvalue weighted by Gasteiger charge is 2.53. The van der Waals surface area contributed by atoms with Crippen LogP contribution in [-0.2, 0) is 19.1 Å². The first-order chi connectivity index (χ1) is 17.0. The summed E-state index contributed by atoms with van der Waals surface area (Å²) in [5, 5.41) is 2.86. The highest BCUT2D eigenvalue weighted by atomic mass is 16.5. The Morgan fingerprint density at radius 2 is 1.69 bits per heavy atom. The molecule has 0 aromatic heterocycles. The molecule has 2 fully saturated rings. The van der Waals surface area contributed by atoms with Crippen molar-refractivity contribution in [3.05, 3.63) is 29.8 Å². The zero-order valence-electron chi connectivity index (χ0n) is 22.0. The van der Waals surface area contributed by atoms with E-state index in [9.17, 15) is 19.2 Å². The van der Waals surface area contributed by atoms with Gasteiger partial charge in [0, 0.05) is 24.9 Å². The molecule has 4 atom stereocenters. The molecule has 0 bridgehead atoms. The van der Waals surface area contributed by atoms with E-state index in [4.69, 9.17) is 10.5 Å². The van der Waals surface area contributed by atoms with Gasteiger partial charge in [0.15, 0.2) is 5.78 Å². The number of anilines is 1. The van der Waals surface area contributed by atoms with Crippen LogP contribution in [0.25, 0.3) is 0 Å². The molecule has 2 saturated heterocycles.